The Balaban J connectivity index is 1.74. The lowest BCUT2D eigenvalue weighted by molar-refractivity contribution is 0.125. The van der Waals surface area contributed by atoms with Gasteiger partial charge in [-0.15, -0.1) is 0 Å². The fourth-order valence-corrected chi connectivity index (χ4v) is 1.93. The minimum Gasteiger partial charge on any atom is -0.380 e. The first-order valence-corrected chi connectivity index (χ1v) is 6.80. The highest BCUT2D eigenvalue weighted by atomic mass is 16.5. The van der Waals surface area contributed by atoms with Crippen molar-refractivity contribution in [2.45, 2.75) is 33.1 Å². The summed E-state index contributed by atoms with van der Waals surface area (Å²) in [5.41, 5.74) is 0. The van der Waals surface area contributed by atoms with Gasteiger partial charge in [0.05, 0.1) is 6.61 Å². The van der Waals surface area contributed by atoms with Gasteiger partial charge in [0.1, 0.15) is 0 Å². The van der Waals surface area contributed by atoms with Gasteiger partial charge < -0.3 is 15.0 Å². The summed E-state index contributed by atoms with van der Waals surface area (Å²) in [4.78, 5) is 2.53. The summed E-state index contributed by atoms with van der Waals surface area (Å²) in [6.45, 7) is 12.1. The van der Waals surface area contributed by atoms with Gasteiger partial charge >= 0.3 is 0 Å². The van der Waals surface area contributed by atoms with Crippen molar-refractivity contribution in [3.63, 3.8) is 0 Å². The van der Waals surface area contributed by atoms with Crippen LogP contribution in [0.15, 0.2) is 0 Å². The zero-order valence-electron chi connectivity index (χ0n) is 11.0. The van der Waals surface area contributed by atoms with Gasteiger partial charge in [0, 0.05) is 26.2 Å². The molecule has 1 aliphatic rings. The van der Waals surface area contributed by atoms with E-state index in [2.05, 4.69) is 24.1 Å². The van der Waals surface area contributed by atoms with Gasteiger partial charge in [-0.1, -0.05) is 13.8 Å². The number of likely N-dealkylation sites (tertiary alicyclic amines) is 1. The van der Waals surface area contributed by atoms with E-state index in [9.17, 15) is 0 Å². The quantitative estimate of drug-likeness (QED) is 0.608. The molecule has 96 valence electrons. The molecule has 3 heteroatoms. The molecule has 0 atom stereocenters. The zero-order chi connectivity index (χ0) is 11.6. The molecule has 0 amide bonds. The van der Waals surface area contributed by atoms with Gasteiger partial charge in [-0.05, 0) is 38.3 Å². The Kier molecular flexibility index (Phi) is 7.81. The lowest BCUT2D eigenvalue weighted by atomic mass is 10.1. The molecular formula is C13H28N2O. The molecule has 1 heterocycles. The number of nitrogens with one attached hydrogen (secondary N) is 1. The van der Waals surface area contributed by atoms with Crippen LogP contribution in [0.4, 0.5) is 0 Å². The van der Waals surface area contributed by atoms with E-state index in [4.69, 9.17) is 4.74 Å². The van der Waals surface area contributed by atoms with E-state index in [1.807, 2.05) is 0 Å². The van der Waals surface area contributed by atoms with Crippen LogP contribution in [-0.4, -0.2) is 50.8 Å². The van der Waals surface area contributed by atoms with Crippen LogP contribution in [0.5, 0.6) is 0 Å². The SMILES string of the molecule is CC(C)CCOCCNCCN1CCCC1. The van der Waals surface area contributed by atoms with Crippen LogP contribution in [0, 0.1) is 5.92 Å². The van der Waals surface area contributed by atoms with Crippen molar-refractivity contribution in [3.05, 3.63) is 0 Å². The maximum Gasteiger partial charge on any atom is 0.0590 e. The predicted octanol–water partition coefficient (Wildman–Crippen LogP) is 1.73. The maximum absolute atomic E-state index is 5.54. The highest BCUT2D eigenvalue weighted by molar-refractivity contribution is 4.66. The summed E-state index contributed by atoms with van der Waals surface area (Å²) in [6, 6.07) is 0. The topological polar surface area (TPSA) is 24.5 Å². The van der Waals surface area contributed by atoms with E-state index >= 15 is 0 Å². The first-order chi connectivity index (χ1) is 7.79. The molecule has 0 aromatic rings. The summed E-state index contributed by atoms with van der Waals surface area (Å²) < 4.78 is 5.54. The van der Waals surface area contributed by atoms with Gasteiger partial charge in [0.15, 0.2) is 0 Å². The molecule has 1 fully saturated rings. The summed E-state index contributed by atoms with van der Waals surface area (Å²) in [6.07, 6.45) is 3.95. The number of ether oxygens (including phenoxy) is 1. The fourth-order valence-electron chi connectivity index (χ4n) is 1.93. The summed E-state index contributed by atoms with van der Waals surface area (Å²) in [5.74, 6) is 0.753. The largest absolute Gasteiger partial charge is 0.380 e. The Hall–Kier alpha value is -0.120. The fraction of sp³-hybridized carbons (Fsp3) is 1.00. The highest BCUT2D eigenvalue weighted by Gasteiger charge is 2.09. The molecular weight excluding hydrogens is 200 g/mol. The molecule has 0 aliphatic carbocycles. The molecule has 0 saturated carbocycles. The molecule has 16 heavy (non-hydrogen) atoms. The average Bonchev–Trinajstić information content (AvgIpc) is 2.74. The van der Waals surface area contributed by atoms with Crippen LogP contribution in [0.1, 0.15) is 33.1 Å². The van der Waals surface area contributed by atoms with Crippen LogP contribution < -0.4 is 5.32 Å². The summed E-state index contributed by atoms with van der Waals surface area (Å²) >= 11 is 0. The number of hydrogen-bond donors (Lipinski definition) is 1. The van der Waals surface area contributed by atoms with Gasteiger partial charge in [-0.3, -0.25) is 0 Å². The average molecular weight is 228 g/mol. The van der Waals surface area contributed by atoms with Crippen LogP contribution in [-0.2, 0) is 4.74 Å². The molecule has 0 spiro atoms. The Morgan fingerprint density at radius 2 is 1.88 bits per heavy atom. The predicted molar refractivity (Wildman–Crippen MR) is 68.8 cm³/mol. The second kappa shape index (κ2) is 8.97. The molecule has 0 aromatic carbocycles. The minimum atomic E-state index is 0.753. The molecule has 0 bridgehead atoms. The van der Waals surface area contributed by atoms with Crippen LogP contribution in [0.3, 0.4) is 0 Å². The van der Waals surface area contributed by atoms with Gasteiger partial charge in [-0.2, -0.15) is 0 Å². The third-order valence-corrected chi connectivity index (χ3v) is 3.07. The molecule has 1 rings (SSSR count). The molecule has 1 saturated heterocycles. The first-order valence-electron chi connectivity index (χ1n) is 6.80. The van der Waals surface area contributed by atoms with Crippen molar-refractivity contribution in [1.29, 1.82) is 0 Å². The molecule has 3 nitrogen and oxygen atoms in total. The van der Waals surface area contributed by atoms with Crippen molar-refractivity contribution in [2.75, 3.05) is 45.9 Å². The second-order valence-electron chi connectivity index (χ2n) is 5.09. The van der Waals surface area contributed by atoms with Crippen molar-refractivity contribution >= 4 is 0 Å². The number of hydrogen-bond acceptors (Lipinski definition) is 3. The second-order valence-corrected chi connectivity index (χ2v) is 5.09. The number of rotatable bonds is 9. The monoisotopic (exact) mass is 228 g/mol. The Bertz CT molecular complexity index is 156. The minimum absolute atomic E-state index is 0.753. The Morgan fingerprint density at radius 3 is 2.56 bits per heavy atom. The van der Waals surface area contributed by atoms with Crippen LogP contribution in [0.2, 0.25) is 0 Å². The standard InChI is InChI=1S/C13H28N2O/c1-13(2)5-11-16-12-7-14-6-10-15-8-3-4-9-15/h13-14H,3-12H2,1-2H3. The summed E-state index contributed by atoms with van der Waals surface area (Å²) in [7, 11) is 0. The Morgan fingerprint density at radius 1 is 1.12 bits per heavy atom. The van der Waals surface area contributed by atoms with Crippen LogP contribution in [0.25, 0.3) is 0 Å². The normalized spacial score (nSPS) is 17.4. The lowest BCUT2D eigenvalue weighted by Gasteiger charge is -2.14. The molecule has 0 radical (unpaired) electrons. The van der Waals surface area contributed by atoms with Crippen molar-refractivity contribution < 1.29 is 4.74 Å². The lowest BCUT2D eigenvalue weighted by Crippen LogP contribution is -2.31. The van der Waals surface area contributed by atoms with Crippen molar-refractivity contribution in [3.8, 4) is 0 Å². The van der Waals surface area contributed by atoms with Gasteiger partial charge in [-0.25, -0.2) is 0 Å². The van der Waals surface area contributed by atoms with E-state index in [1.54, 1.807) is 0 Å². The molecule has 0 aromatic heterocycles. The van der Waals surface area contributed by atoms with E-state index in [0.717, 1.165) is 32.2 Å². The maximum atomic E-state index is 5.54. The van der Waals surface area contributed by atoms with E-state index < -0.39 is 0 Å². The third kappa shape index (κ3) is 7.20. The smallest absolute Gasteiger partial charge is 0.0590 e. The number of nitrogens with zero attached hydrogens (tertiary/aromatic N) is 1. The van der Waals surface area contributed by atoms with Gasteiger partial charge in [0.2, 0.25) is 0 Å². The van der Waals surface area contributed by atoms with Crippen LogP contribution >= 0.6 is 0 Å². The van der Waals surface area contributed by atoms with Crippen molar-refractivity contribution in [2.24, 2.45) is 5.92 Å². The Labute approximate surface area is 101 Å². The summed E-state index contributed by atoms with van der Waals surface area (Å²) in [5, 5.41) is 3.43. The van der Waals surface area contributed by atoms with E-state index in [1.165, 1.54) is 38.9 Å². The molecule has 0 unspecified atom stereocenters. The van der Waals surface area contributed by atoms with E-state index in [0.29, 0.717) is 0 Å². The first kappa shape index (κ1) is 13.9. The van der Waals surface area contributed by atoms with Gasteiger partial charge in [0.25, 0.3) is 0 Å². The molecule has 1 aliphatic heterocycles. The van der Waals surface area contributed by atoms with E-state index in [-0.39, 0.29) is 0 Å². The third-order valence-electron chi connectivity index (χ3n) is 3.07. The molecule has 1 N–H and O–H groups in total. The zero-order valence-corrected chi connectivity index (χ0v) is 11.0. The highest BCUT2D eigenvalue weighted by Crippen LogP contribution is 2.05. The van der Waals surface area contributed by atoms with Crippen molar-refractivity contribution in [1.82, 2.24) is 10.2 Å².